The number of nitrogens with one attached hydrogen (secondary N) is 2. The molecule has 0 aromatic heterocycles. The SMILES string of the molecule is CC(=O)N[C@@H](C=O)[C@@H](O)[C@H](O)[C@H](O)CO.CC(=O)N[C@@H](C=O)[C@@H](O)[C@H](O)[C@H](O)COP(=O)(O)O.N[C@@H](C=O)[C@@H](O)[C@H](O)[C@H](O)CO.O=P(O)(O)O.O=P(O)(O)O. The van der Waals surface area contributed by atoms with E-state index in [-0.39, 0.29) is 18.9 Å². The minimum atomic E-state index is -4.83. The minimum absolute atomic E-state index is 0.145. The van der Waals surface area contributed by atoms with Crippen molar-refractivity contribution >= 4 is 54.1 Å². The zero-order valence-corrected chi connectivity index (χ0v) is 31.6. The Morgan fingerprint density at radius 3 is 1.04 bits per heavy atom. The van der Waals surface area contributed by atoms with E-state index in [9.17, 15) is 54.1 Å². The van der Waals surface area contributed by atoms with E-state index >= 15 is 0 Å². The Balaban J connectivity index is -0.000000210. The van der Waals surface area contributed by atoms with Gasteiger partial charge in [0.15, 0.2) is 0 Å². The Hall–Kier alpha value is -2.20. The summed E-state index contributed by atoms with van der Waals surface area (Å²) < 4.78 is 32.1. The molecule has 0 unspecified atom stereocenters. The number of nitrogens with two attached hydrogens (primary N) is 1. The molecule has 0 aliphatic heterocycles. The average Bonchev–Trinajstić information content (AvgIpc) is 3.07. The van der Waals surface area contributed by atoms with Crippen molar-refractivity contribution < 1.29 is 138 Å². The van der Waals surface area contributed by atoms with Crippen LogP contribution in [-0.2, 0) is 42.2 Å². The Kier molecular flexibility index (Phi) is 35.7. The fraction of sp³-hybridized carbons (Fsp3) is 0.773. The lowest BCUT2D eigenvalue weighted by Gasteiger charge is -2.26. The quantitative estimate of drug-likeness (QED) is 0.0423. The molecule has 0 bridgehead atoms. The van der Waals surface area contributed by atoms with Gasteiger partial charge in [-0.3, -0.25) is 14.1 Å². The molecule has 0 radical (unpaired) electrons. The Morgan fingerprint density at radius 1 is 0.554 bits per heavy atom. The largest absolute Gasteiger partial charge is 0.469 e. The third-order valence-electron chi connectivity index (χ3n) is 5.34. The summed E-state index contributed by atoms with van der Waals surface area (Å²) >= 11 is 0. The van der Waals surface area contributed by atoms with E-state index < -0.39 is 128 Å². The molecule has 56 heavy (non-hydrogen) atoms. The summed E-state index contributed by atoms with van der Waals surface area (Å²) in [5.41, 5.74) is 5.04. The number of carbonyl (C=O) groups is 5. The highest BCUT2D eigenvalue weighted by Gasteiger charge is 2.34. The van der Waals surface area contributed by atoms with E-state index in [1.165, 1.54) is 0 Å². The molecule has 12 atom stereocenters. The number of phosphoric acid groups is 3. The van der Waals surface area contributed by atoms with Crippen molar-refractivity contribution in [2.24, 2.45) is 5.73 Å². The monoisotopic (exact) mass is 897 g/mol. The molecule has 34 heteroatoms. The lowest BCUT2D eigenvalue weighted by Crippen LogP contribution is -2.53. The van der Waals surface area contributed by atoms with Gasteiger partial charge in [-0.25, -0.2) is 13.7 Å². The van der Waals surface area contributed by atoms with Crippen LogP contribution >= 0.6 is 23.5 Å². The predicted molar refractivity (Wildman–Crippen MR) is 176 cm³/mol. The van der Waals surface area contributed by atoms with Crippen LogP contribution in [0.3, 0.4) is 0 Å². The number of carbonyl (C=O) groups excluding carboxylic acids is 5. The first kappa shape index (κ1) is 63.0. The standard InChI is InChI=1S/C8H16NO9P.C8H15NO6.C6H13NO5.2H3O4P/c1-4(11)9-5(2-10)7(13)8(14)6(12)3-18-19(15,16)17;1-4(12)9-5(2-10)7(14)8(15)6(13)3-11;7-3(1-8)5(11)6(12)4(10)2-9;2*1-5(2,3)4/h2,5-8,12-14H,3H2,1H3,(H,9,11)(H2,15,16,17);2,5-8,11,13-15H,3H2,1H3,(H,9,12);1,3-6,9-12H,2,7H2;2*(H3,1,2,3,4)/t2*5-,6+,7+,8+;3-,4+,5+,6+;;/m000../s1. The Labute approximate surface area is 315 Å². The van der Waals surface area contributed by atoms with Gasteiger partial charge >= 0.3 is 23.5 Å². The van der Waals surface area contributed by atoms with Crippen molar-refractivity contribution in [3.63, 3.8) is 0 Å². The van der Waals surface area contributed by atoms with E-state index in [0.717, 1.165) is 13.8 Å². The number of hydrogen-bond donors (Lipinski definition) is 22. The van der Waals surface area contributed by atoms with Gasteiger partial charge in [0.05, 0.1) is 25.9 Å². The topological polar surface area (TPSA) is 580 Å². The smallest absolute Gasteiger partial charge is 0.394 e. The maximum Gasteiger partial charge on any atom is 0.469 e. The normalized spacial score (nSPS) is 17.8. The van der Waals surface area contributed by atoms with E-state index in [1.807, 2.05) is 5.32 Å². The van der Waals surface area contributed by atoms with Gasteiger partial charge in [-0.05, 0) is 0 Å². The zero-order valence-electron chi connectivity index (χ0n) is 28.9. The number of hydrogen-bond acceptors (Lipinski definition) is 21. The molecule has 0 rings (SSSR count). The highest BCUT2D eigenvalue weighted by Crippen LogP contribution is 2.35. The number of aliphatic hydroxyl groups excluding tert-OH is 11. The van der Waals surface area contributed by atoms with E-state index in [1.54, 1.807) is 0 Å². The predicted octanol–water partition coefficient (Wildman–Crippen LogP) is -11.6. The number of amides is 2. The third kappa shape index (κ3) is 40.0. The fourth-order valence-corrected chi connectivity index (χ4v) is 3.12. The summed E-state index contributed by atoms with van der Waals surface area (Å²) in [7, 11) is -14.1. The van der Waals surface area contributed by atoms with Crippen molar-refractivity contribution in [2.75, 3.05) is 19.8 Å². The average molecular weight is 898 g/mol. The highest BCUT2D eigenvalue weighted by atomic mass is 31.2. The third-order valence-corrected chi connectivity index (χ3v) is 5.83. The van der Waals surface area contributed by atoms with E-state index in [0.29, 0.717) is 0 Å². The summed E-state index contributed by atoms with van der Waals surface area (Å²) in [6.45, 7) is -0.219. The number of aliphatic hydroxyl groups is 11. The Bertz CT molecular complexity index is 1210. The maximum absolute atomic E-state index is 10.7. The van der Waals surface area contributed by atoms with Gasteiger partial charge in [-0.2, -0.15) is 0 Å². The van der Waals surface area contributed by atoms with Crippen molar-refractivity contribution in [1.29, 1.82) is 0 Å². The number of rotatable bonds is 19. The molecule has 0 saturated heterocycles. The van der Waals surface area contributed by atoms with Crippen molar-refractivity contribution in [3.8, 4) is 0 Å². The number of phosphoric ester groups is 1. The van der Waals surface area contributed by atoms with Crippen LogP contribution in [0, 0.1) is 0 Å². The van der Waals surface area contributed by atoms with Crippen LogP contribution in [0.5, 0.6) is 0 Å². The first-order valence-corrected chi connectivity index (χ1v) is 19.0. The second-order valence-corrected chi connectivity index (χ2v) is 13.6. The molecule has 0 saturated carbocycles. The summed E-state index contributed by atoms with van der Waals surface area (Å²) in [6.07, 6.45) is -14.7. The van der Waals surface area contributed by atoms with Crippen LogP contribution < -0.4 is 16.4 Å². The molecule has 0 heterocycles. The van der Waals surface area contributed by atoms with Crippen molar-refractivity contribution in [2.45, 2.75) is 86.9 Å². The van der Waals surface area contributed by atoms with E-state index in [2.05, 4.69) is 9.84 Å². The summed E-state index contributed by atoms with van der Waals surface area (Å²) in [5.74, 6) is -1.21. The van der Waals surface area contributed by atoms with Crippen LogP contribution in [0.25, 0.3) is 0 Å². The minimum Gasteiger partial charge on any atom is -0.394 e. The molecule has 336 valence electrons. The van der Waals surface area contributed by atoms with Gasteiger partial charge in [-0.15, -0.1) is 0 Å². The molecular weight excluding hydrogens is 847 g/mol. The van der Waals surface area contributed by atoms with Gasteiger partial charge < -0.3 is 126 Å². The molecule has 0 aliphatic rings. The zero-order chi connectivity index (χ0) is 45.9. The van der Waals surface area contributed by atoms with Gasteiger partial charge in [0.2, 0.25) is 11.8 Å². The highest BCUT2D eigenvalue weighted by molar-refractivity contribution is 7.46. The molecular formula is C22H50N3O28P3. The first-order valence-electron chi connectivity index (χ1n) is 14.3. The van der Waals surface area contributed by atoms with Crippen LogP contribution in [-0.4, -0.2) is 219 Å². The molecule has 31 nitrogen and oxygen atoms in total. The van der Waals surface area contributed by atoms with Gasteiger partial charge in [0, 0.05) is 13.8 Å². The van der Waals surface area contributed by atoms with Gasteiger partial charge in [0.1, 0.15) is 85.9 Å². The summed E-state index contributed by atoms with van der Waals surface area (Å²) in [4.78, 5) is 112. The fourth-order valence-electron chi connectivity index (χ4n) is 2.77. The van der Waals surface area contributed by atoms with E-state index in [4.69, 9.17) is 84.7 Å². The molecule has 2 amide bonds. The van der Waals surface area contributed by atoms with Crippen LogP contribution in [0.4, 0.5) is 0 Å². The molecule has 0 aromatic carbocycles. The van der Waals surface area contributed by atoms with Gasteiger partial charge in [-0.1, -0.05) is 0 Å². The molecule has 0 aliphatic carbocycles. The second kappa shape index (κ2) is 31.7. The van der Waals surface area contributed by atoms with Crippen molar-refractivity contribution in [1.82, 2.24) is 10.6 Å². The molecule has 23 N–H and O–H groups in total. The molecule has 0 fully saturated rings. The second-order valence-electron chi connectivity index (χ2n) is 10.3. The first-order chi connectivity index (χ1) is 25.1. The lowest BCUT2D eigenvalue weighted by atomic mass is 10.0. The van der Waals surface area contributed by atoms with Crippen LogP contribution in [0.15, 0.2) is 0 Å². The summed E-state index contributed by atoms with van der Waals surface area (Å²) in [6, 6.07) is -4.06. The van der Waals surface area contributed by atoms with Crippen molar-refractivity contribution in [3.05, 3.63) is 0 Å². The van der Waals surface area contributed by atoms with Gasteiger partial charge in [0.25, 0.3) is 0 Å². The summed E-state index contributed by atoms with van der Waals surface area (Å²) in [5, 5.41) is 104. The van der Waals surface area contributed by atoms with Crippen LogP contribution in [0.2, 0.25) is 0 Å². The molecule has 0 aromatic rings. The maximum atomic E-state index is 10.7. The molecule has 0 spiro atoms. The van der Waals surface area contributed by atoms with Crippen LogP contribution in [0.1, 0.15) is 13.8 Å². The Morgan fingerprint density at radius 2 is 0.821 bits per heavy atom. The number of aldehydes is 3. The lowest BCUT2D eigenvalue weighted by molar-refractivity contribution is -0.129.